The van der Waals surface area contributed by atoms with Gasteiger partial charge in [0.05, 0.1) is 18.6 Å². The van der Waals surface area contributed by atoms with Crippen LogP contribution in [-0.2, 0) is 9.47 Å². The van der Waals surface area contributed by atoms with Gasteiger partial charge in [-0.2, -0.15) is 0 Å². The number of carboxylic acid groups (broad SMARTS) is 1. The lowest BCUT2D eigenvalue weighted by Gasteiger charge is -2.22. The number of ether oxygens (including phenoxy) is 2. The summed E-state index contributed by atoms with van der Waals surface area (Å²) in [5.74, 6) is -1.14. The number of carbonyl (C=O) groups is 1. The van der Waals surface area contributed by atoms with Crippen LogP contribution in [0, 0.1) is 5.92 Å². The molecule has 2 heterocycles. The molecular weight excluding hydrogens is 212 g/mol. The van der Waals surface area contributed by atoms with Crippen LogP contribution < -0.4 is 5.32 Å². The van der Waals surface area contributed by atoms with Gasteiger partial charge in [0.15, 0.2) is 0 Å². The van der Waals surface area contributed by atoms with Crippen molar-refractivity contribution in [2.24, 2.45) is 5.92 Å². The Labute approximate surface area is 84.3 Å². The summed E-state index contributed by atoms with van der Waals surface area (Å²) >= 11 is 0. The molecule has 5 nitrogen and oxygen atoms in total. The maximum absolute atomic E-state index is 12.6. The van der Waals surface area contributed by atoms with Crippen LogP contribution in [0.5, 0.6) is 0 Å². The molecule has 4 atom stereocenters. The van der Waals surface area contributed by atoms with Gasteiger partial charge >= 0.3 is 6.09 Å². The molecule has 2 N–H and O–H groups in total. The highest BCUT2D eigenvalue weighted by Crippen LogP contribution is 2.39. The molecule has 2 fully saturated rings. The van der Waals surface area contributed by atoms with E-state index < -0.39 is 24.5 Å². The number of rotatable bonds is 4. The zero-order valence-electron chi connectivity index (χ0n) is 7.73. The number of amides is 1. The lowest BCUT2D eigenvalue weighted by Crippen LogP contribution is -2.40. The summed E-state index contributed by atoms with van der Waals surface area (Å²) in [6, 6.07) is 0. The fraction of sp³-hybridized carbons (Fsp3) is 0.875. The summed E-state index contributed by atoms with van der Waals surface area (Å²) in [6.07, 6.45) is -4.97. The molecule has 1 amide bonds. The molecule has 0 aromatic carbocycles. The van der Waals surface area contributed by atoms with Gasteiger partial charge in [-0.1, -0.05) is 0 Å². The molecule has 86 valence electrons. The average molecular weight is 223 g/mol. The summed E-state index contributed by atoms with van der Waals surface area (Å²) in [6.45, 7) is 0.00979. The summed E-state index contributed by atoms with van der Waals surface area (Å²) in [7, 11) is 0. The molecule has 2 saturated heterocycles. The molecule has 0 radical (unpaired) electrons. The Morgan fingerprint density at radius 3 is 2.73 bits per heavy atom. The Bertz CT molecular complexity index is 263. The molecule has 0 saturated carbocycles. The van der Waals surface area contributed by atoms with Crippen LogP contribution in [0.2, 0.25) is 0 Å². The second-order valence-corrected chi connectivity index (χ2v) is 3.62. The summed E-state index contributed by atoms with van der Waals surface area (Å²) in [4.78, 5) is 10.2. The summed E-state index contributed by atoms with van der Waals surface area (Å²) < 4.78 is 35.5. The first-order valence-corrected chi connectivity index (χ1v) is 4.61. The fourth-order valence-electron chi connectivity index (χ4n) is 1.80. The van der Waals surface area contributed by atoms with Gasteiger partial charge in [0.1, 0.15) is 12.2 Å². The first-order valence-electron chi connectivity index (χ1n) is 4.61. The molecule has 0 spiro atoms. The van der Waals surface area contributed by atoms with Gasteiger partial charge in [-0.3, -0.25) is 0 Å². The van der Waals surface area contributed by atoms with Gasteiger partial charge in [-0.05, 0) is 0 Å². The molecular formula is C8H11F2NO4. The van der Waals surface area contributed by atoms with E-state index in [0.29, 0.717) is 6.61 Å². The smallest absolute Gasteiger partial charge is 0.404 e. The number of fused-ring (bicyclic) bond motifs is 1. The molecule has 0 aromatic rings. The molecule has 0 unspecified atom stereocenters. The van der Waals surface area contributed by atoms with Gasteiger partial charge in [0.2, 0.25) is 6.43 Å². The van der Waals surface area contributed by atoms with Crippen LogP contribution in [0.15, 0.2) is 0 Å². The molecule has 7 heteroatoms. The van der Waals surface area contributed by atoms with Crippen LogP contribution in [0.4, 0.5) is 13.6 Å². The first-order chi connectivity index (χ1) is 7.09. The predicted molar refractivity (Wildman–Crippen MR) is 43.9 cm³/mol. The quantitative estimate of drug-likeness (QED) is 0.672. The third kappa shape index (κ3) is 2.18. The van der Waals surface area contributed by atoms with Crippen molar-refractivity contribution in [3.8, 4) is 0 Å². The van der Waals surface area contributed by atoms with E-state index in [9.17, 15) is 13.6 Å². The van der Waals surface area contributed by atoms with Gasteiger partial charge in [-0.25, -0.2) is 13.6 Å². The second kappa shape index (κ2) is 3.90. The van der Waals surface area contributed by atoms with Gasteiger partial charge in [-0.15, -0.1) is 0 Å². The highest BCUT2D eigenvalue weighted by atomic mass is 19.3. The van der Waals surface area contributed by atoms with E-state index in [1.54, 1.807) is 0 Å². The van der Waals surface area contributed by atoms with Crippen molar-refractivity contribution in [2.45, 2.75) is 24.7 Å². The Kier molecular flexibility index (Phi) is 2.74. The second-order valence-electron chi connectivity index (χ2n) is 3.62. The molecule has 2 aliphatic heterocycles. The number of nitrogens with one attached hydrogen (secondary N) is 1. The van der Waals surface area contributed by atoms with Crippen LogP contribution >= 0.6 is 0 Å². The Morgan fingerprint density at radius 2 is 2.33 bits per heavy atom. The van der Waals surface area contributed by atoms with Crippen molar-refractivity contribution in [3.63, 3.8) is 0 Å². The monoisotopic (exact) mass is 223 g/mol. The van der Waals surface area contributed by atoms with Gasteiger partial charge in [0.25, 0.3) is 0 Å². The topological polar surface area (TPSA) is 71.1 Å². The van der Waals surface area contributed by atoms with Crippen molar-refractivity contribution in [2.75, 3.05) is 13.2 Å². The highest BCUT2D eigenvalue weighted by Gasteiger charge is 2.55. The Morgan fingerprint density at radius 1 is 1.60 bits per heavy atom. The Hall–Kier alpha value is -0.950. The normalized spacial score (nSPS) is 35.0. The van der Waals surface area contributed by atoms with E-state index in [1.807, 2.05) is 5.32 Å². The zero-order valence-corrected chi connectivity index (χ0v) is 7.73. The van der Waals surface area contributed by atoms with Crippen molar-refractivity contribution in [3.05, 3.63) is 0 Å². The summed E-state index contributed by atoms with van der Waals surface area (Å²) in [5, 5.41) is 10.3. The van der Waals surface area contributed by atoms with E-state index in [0.717, 1.165) is 0 Å². The molecule has 15 heavy (non-hydrogen) atoms. The van der Waals surface area contributed by atoms with Crippen LogP contribution in [-0.4, -0.2) is 49.1 Å². The van der Waals surface area contributed by atoms with Crippen molar-refractivity contribution in [1.82, 2.24) is 5.32 Å². The Balaban J connectivity index is 1.90. The minimum absolute atomic E-state index is 0.0684. The van der Waals surface area contributed by atoms with Crippen molar-refractivity contribution >= 4 is 6.09 Å². The predicted octanol–water partition coefficient (Wildman–Crippen LogP) is 0.301. The maximum Gasteiger partial charge on any atom is 0.404 e. The number of hydrogen-bond acceptors (Lipinski definition) is 3. The molecule has 2 aliphatic rings. The third-order valence-corrected chi connectivity index (χ3v) is 2.63. The van der Waals surface area contributed by atoms with Gasteiger partial charge in [0, 0.05) is 6.54 Å². The average Bonchev–Trinajstić information content (AvgIpc) is 2.81. The van der Waals surface area contributed by atoms with Crippen molar-refractivity contribution < 1.29 is 28.2 Å². The number of hydrogen-bond donors (Lipinski definition) is 2. The lowest BCUT2D eigenvalue weighted by atomic mass is 10.0. The van der Waals surface area contributed by atoms with Crippen LogP contribution in [0.3, 0.4) is 0 Å². The van der Waals surface area contributed by atoms with E-state index in [1.165, 1.54) is 0 Å². The number of alkyl halides is 2. The SMILES string of the molecule is O=C(O)NC[C@H](C(F)F)[C@H]1OC[C@@H]2O[C@H]12. The van der Waals surface area contributed by atoms with E-state index in [-0.39, 0.29) is 18.8 Å². The largest absolute Gasteiger partial charge is 0.465 e. The standard InChI is InChI=1S/C8H11F2NO4/c9-7(10)3(1-11-8(12)13)5-6-4(15-6)2-14-5/h3-7,11H,1-2H2,(H,12,13)/t3-,4-,5+,6-/m0/s1. The lowest BCUT2D eigenvalue weighted by molar-refractivity contribution is -0.0573. The number of halogens is 2. The first kappa shape index (κ1) is 10.6. The number of epoxide rings is 1. The van der Waals surface area contributed by atoms with Crippen molar-refractivity contribution in [1.29, 1.82) is 0 Å². The highest BCUT2D eigenvalue weighted by molar-refractivity contribution is 5.64. The van der Waals surface area contributed by atoms with E-state index >= 15 is 0 Å². The van der Waals surface area contributed by atoms with E-state index in [4.69, 9.17) is 14.6 Å². The fourth-order valence-corrected chi connectivity index (χ4v) is 1.80. The van der Waals surface area contributed by atoms with Crippen LogP contribution in [0.25, 0.3) is 0 Å². The molecule has 2 rings (SSSR count). The van der Waals surface area contributed by atoms with Crippen LogP contribution in [0.1, 0.15) is 0 Å². The molecule has 0 bridgehead atoms. The molecule has 0 aromatic heterocycles. The third-order valence-electron chi connectivity index (χ3n) is 2.63. The summed E-state index contributed by atoms with van der Waals surface area (Å²) in [5.41, 5.74) is 0. The van der Waals surface area contributed by atoms with Gasteiger partial charge < -0.3 is 19.9 Å². The van der Waals surface area contributed by atoms with E-state index in [2.05, 4.69) is 0 Å². The minimum Gasteiger partial charge on any atom is -0.465 e. The molecule has 0 aliphatic carbocycles. The zero-order chi connectivity index (χ0) is 11.0. The minimum atomic E-state index is -2.62. The maximum atomic E-state index is 12.6.